The Kier molecular flexibility index (Phi) is 15.2. The Hall–Kier alpha value is -7.38. The van der Waals surface area contributed by atoms with E-state index in [9.17, 15) is 0 Å². The normalized spacial score (nSPS) is 10.8. The minimum atomic E-state index is -1.40. The average molecular weight is 1050 g/mol. The van der Waals surface area contributed by atoms with Gasteiger partial charge in [-0.15, -0.1) is 0 Å². The summed E-state index contributed by atoms with van der Waals surface area (Å²) in [7, 11) is -1.40. The predicted molar refractivity (Wildman–Crippen MR) is 313 cm³/mol. The van der Waals surface area contributed by atoms with Gasteiger partial charge in [-0.25, -0.2) is 0 Å². The number of fused-ring (bicyclic) bond motifs is 4. The summed E-state index contributed by atoms with van der Waals surface area (Å²) in [6.07, 6.45) is 0. The molecule has 0 amide bonds. The highest BCUT2D eigenvalue weighted by Gasteiger charge is 2.17. The Bertz CT molecular complexity index is 3610. The van der Waals surface area contributed by atoms with Gasteiger partial charge in [-0.05, 0) is 141 Å². The molecule has 0 fully saturated rings. The summed E-state index contributed by atoms with van der Waals surface area (Å²) in [5, 5.41) is 28.4. The van der Waals surface area contributed by atoms with Gasteiger partial charge in [-0.2, -0.15) is 0 Å². The molecular formula is C66H51BBr2O2. The van der Waals surface area contributed by atoms with Crippen LogP contribution in [0.2, 0.25) is 0 Å². The Morgan fingerprint density at radius 2 is 0.493 bits per heavy atom. The van der Waals surface area contributed by atoms with Crippen LogP contribution in [0.15, 0.2) is 264 Å². The number of hydrogen-bond donors (Lipinski definition) is 2. The molecule has 0 spiro atoms. The van der Waals surface area contributed by atoms with E-state index in [1.165, 1.54) is 93.2 Å². The summed E-state index contributed by atoms with van der Waals surface area (Å²) in [5.41, 5.74) is 14.2. The number of benzene rings is 12. The smallest absolute Gasteiger partial charge is 0.423 e. The van der Waals surface area contributed by atoms with E-state index in [-0.39, 0.29) is 7.43 Å². The van der Waals surface area contributed by atoms with Crippen molar-refractivity contribution in [1.29, 1.82) is 0 Å². The molecule has 0 aliphatic rings. The minimum absolute atomic E-state index is 0. The summed E-state index contributed by atoms with van der Waals surface area (Å²) in [6.45, 7) is 2.22. The molecule has 5 heteroatoms. The monoisotopic (exact) mass is 1040 g/mol. The topological polar surface area (TPSA) is 40.5 Å². The van der Waals surface area contributed by atoms with Gasteiger partial charge in [0, 0.05) is 8.95 Å². The average Bonchev–Trinajstić information content (AvgIpc) is 3.42. The fourth-order valence-electron chi connectivity index (χ4n) is 9.58. The number of hydrogen-bond acceptors (Lipinski definition) is 2. The van der Waals surface area contributed by atoms with Crippen molar-refractivity contribution in [2.24, 2.45) is 0 Å². The van der Waals surface area contributed by atoms with Crippen LogP contribution in [0.25, 0.3) is 98.7 Å². The highest BCUT2D eigenvalue weighted by Crippen LogP contribution is 2.44. The molecule has 2 N–H and O–H groups in total. The molecule has 12 rings (SSSR count). The molecule has 0 heterocycles. The first kappa shape index (κ1) is 48.6. The van der Waals surface area contributed by atoms with Crippen molar-refractivity contribution in [1.82, 2.24) is 0 Å². The largest absolute Gasteiger partial charge is 0.488 e. The van der Waals surface area contributed by atoms with E-state index in [0.29, 0.717) is 5.46 Å². The number of halogens is 2. The van der Waals surface area contributed by atoms with Crippen molar-refractivity contribution in [3.8, 4) is 55.6 Å². The third kappa shape index (κ3) is 10.4. The number of rotatable bonds is 6. The first-order valence-electron chi connectivity index (χ1n) is 23.3. The van der Waals surface area contributed by atoms with Crippen LogP contribution < -0.4 is 5.46 Å². The fraction of sp³-hybridized carbons (Fsp3) is 0.0303. The molecule has 0 saturated carbocycles. The standard InChI is InChI=1S/C32H21Br.C21H16.C12H10BBrO2.CH4/c33-26-20-18-23(19-21-26)22-14-16-25(17-15-22)32-29-12-6-4-10-27(29)31(24-8-2-1-3-9-24)28-11-5-7-13-30(28)32;1-15-17-11-5-7-13-19(17)21(16-9-3-2-4-10-16)20-14-8-6-12-18(15)20;14-12-7-3-10(4-8-12)9-1-5-11(6-2-9)13(15)16;/h1-21H;2-14H,1H3;1-8,15-16H;1H4. The summed E-state index contributed by atoms with van der Waals surface area (Å²) >= 11 is 6.91. The summed E-state index contributed by atoms with van der Waals surface area (Å²) in [6, 6.07) is 89.0. The molecule has 344 valence electrons. The van der Waals surface area contributed by atoms with Crippen molar-refractivity contribution in [2.45, 2.75) is 14.4 Å². The number of aryl methyl sites for hydroxylation is 1. The summed E-state index contributed by atoms with van der Waals surface area (Å²) in [5.74, 6) is 0. The van der Waals surface area contributed by atoms with Gasteiger partial charge in [0.15, 0.2) is 0 Å². The van der Waals surface area contributed by atoms with Crippen LogP contribution in [0.5, 0.6) is 0 Å². The van der Waals surface area contributed by atoms with Gasteiger partial charge in [-0.3, -0.25) is 0 Å². The Morgan fingerprint density at radius 3 is 0.803 bits per heavy atom. The van der Waals surface area contributed by atoms with Gasteiger partial charge in [0.1, 0.15) is 0 Å². The lowest BCUT2D eigenvalue weighted by Gasteiger charge is -2.18. The molecule has 0 saturated heterocycles. The van der Waals surface area contributed by atoms with Gasteiger partial charge in [0.2, 0.25) is 0 Å². The van der Waals surface area contributed by atoms with Crippen molar-refractivity contribution >= 4 is 87.5 Å². The Balaban J connectivity index is 0.000000141. The molecule has 0 aliphatic carbocycles. The van der Waals surface area contributed by atoms with Crippen molar-refractivity contribution in [3.05, 3.63) is 269 Å². The maximum atomic E-state index is 8.97. The van der Waals surface area contributed by atoms with Gasteiger partial charge in [-0.1, -0.05) is 270 Å². The van der Waals surface area contributed by atoms with Crippen LogP contribution in [0.4, 0.5) is 0 Å². The lowest BCUT2D eigenvalue weighted by molar-refractivity contribution is 0.426. The molecule has 0 atom stereocenters. The third-order valence-electron chi connectivity index (χ3n) is 13.0. The molecule has 0 aromatic heterocycles. The third-order valence-corrected chi connectivity index (χ3v) is 14.1. The van der Waals surface area contributed by atoms with Crippen LogP contribution in [-0.2, 0) is 0 Å². The molecule has 0 radical (unpaired) electrons. The SMILES string of the molecule is Brc1ccc(-c2ccc(-c3c4ccccc4c(-c4ccccc4)c4ccccc34)cc2)cc1.C.Cc1c2ccccc2c(-c2ccccc2)c2ccccc12.OB(O)c1ccc(-c2ccc(Br)cc2)cc1. The van der Waals surface area contributed by atoms with Gasteiger partial charge < -0.3 is 10.0 Å². The molecule has 0 unspecified atom stereocenters. The first-order chi connectivity index (χ1) is 34.3. The highest BCUT2D eigenvalue weighted by atomic mass is 79.9. The van der Waals surface area contributed by atoms with E-state index >= 15 is 0 Å². The van der Waals surface area contributed by atoms with Crippen LogP contribution in [0, 0.1) is 6.92 Å². The highest BCUT2D eigenvalue weighted by molar-refractivity contribution is 9.10. The van der Waals surface area contributed by atoms with E-state index in [1.54, 1.807) is 12.1 Å². The lowest BCUT2D eigenvalue weighted by atomic mass is 9.80. The van der Waals surface area contributed by atoms with Crippen LogP contribution in [-0.4, -0.2) is 17.2 Å². The molecule has 0 bridgehead atoms. The molecule has 0 aliphatic heterocycles. The van der Waals surface area contributed by atoms with Crippen molar-refractivity contribution in [2.75, 3.05) is 0 Å². The second-order valence-corrected chi connectivity index (χ2v) is 19.1. The van der Waals surface area contributed by atoms with E-state index in [2.05, 4.69) is 245 Å². The fourth-order valence-corrected chi connectivity index (χ4v) is 10.1. The minimum Gasteiger partial charge on any atom is -0.423 e. The van der Waals surface area contributed by atoms with E-state index in [1.807, 2.05) is 36.4 Å². The zero-order valence-electron chi connectivity index (χ0n) is 38.5. The maximum absolute atomic E-state index is 8.97. The molecule has 2 nitrogen and oxygen atoms in total. The maximum Gasteiger partial charge on any atom is 0.488 e. The Labute approximate surface area is 434 Å². The van der Waals surface area contributed by atoms with Gasteiger partial charge in [0.05, 0.1) is 0 Å². The molecule has 71 heavy (non-hydrogen) atoms. The molecular weight excluding hydrogens is 995 g/mol. The van der Waals surface area contributed by atoms with Crippen molar-refractivity contribution in [3.63, 3.8) is 0 Å². The summed E-state index contributed by atoms with van der Waals surface area (Å²) < 4.78 is 2.14. The van der Waals surface area contributed by atoms with Crippen LogP contribution >= 0.6 is 31.9 Å². The zero-order chi connectivity index (χ0) is 48.0. The molecule has 12 aromatic carbocycles. The molecule has 12 aromatic rings. The Morgan fingerprint density at radius 1 is 0.268 bits per heavy atom. The lowest BCUT2D eigenvalue weighted by Crippen LogP contribution is -2.29. The van der Waals surface area contributed by atoms with Gasteiger partial charge >= 0.3 is 7.12 Å². The van der Waals surface area contributed by atoms with Crippen LogP contribution in [0.3, 0.4) is 0 Å². The van der Waals surface area contributed by atoms with Gasteiger partial charge in [0.25, 0.3) is 0 Å². The second-order valence-electron chi connectivity index (χ2n) is 17.3. The van der Waals surface area contributed by atoms with E-state index < -0.39 is 7.12 Å². The first-order valence-corrected chi connectivity index (χ1v) is 24.9. The second kappa shape index (κ2) is 22.1. The van der Waals surface area contributed by atoms with E-state index in [4.69, 9.17) is 10.0 Å². The quantitative estimate of drug-likeness (QED) is 0.129. The van der Waals surface area contributed by atoms with Crippen LogP contribution in [0.1, 0.15) is 13.0 Å². The van der Waals surface area contributed by atoms with Crippen molar-refractivity contribution < 1.29 is 10.0 Å². The zero-order valence-corrected chi connectivity index (χ0v) is 41.6. The predicted octanol–water partition coefficient (Wildman–Crippen LogP) is 18.2. The summed E-state index contributed by atoms with van der Waals surface area (Å²) in [4.78, 5) is 0. The van der Waals surface area contributed by atoms with E-state index in [0.717, 1.165) is 20.1 Å².